The van der Waals surface area contributed by atoms with E-state index in [1.165, 1.54) is 0 Å². The summed E-state index contributed by atoms with van der Waals surface area (Å²) >= 11 is 5.83. The number of hydrogen-bond acceptors (Lipinski definition) is 5. The first-order valence-corrected chi connectivity index (χ1v) is 13.4. The quantitative estimate of drug-likeness (QED) is 0.299. The Balaban J connectivity index is 1.47. The average molecular weight is 538 g/mol. The standard InChI is InChI=1S/C25H29ClFN3O5S/c1-16(2)13-20(30-25(32)22-14-17-7-3-4-8-21(17)35-22)24(31)28-11-5-6-12-29-36(33,34)23-10-9-18(27)15-19(23)26/h3-4,7-10,14-16,20,29H,5-6,11-13H2,1-2H3,(H,28,31)(H,30,32)/t20-/m0/s1. The lowest BCUT2D eigenvalue weighted by Gasteiger charge is -2.19. The summed E-state index contributed by atoms with van der Waals surface area (Å²) in [5.41, 5.74) is 0.588. The van der Waals surface area contributed by atoms with Crippen LogP contribution in [0.2, 0.25) is 5.02 Å². The summed E-state index contributed by atoms with van der Waals surface area (Å²) in [6.45, 7) is 4.32. The van der Waals surface area contributed by atoms with E-state index in [9.17, 15) is 22.4 Å². The van der Waals surface area contributed by atoms with Crippen molar-refractivity contribution in [1.29, 1.82) is 0 Å². The summed E-state index contributed by atoms with van der Waals surface area (Å²) in [5, 5.41) is 6.14. The molecule has 0 fully saturated rings. The number of rotatable bonds is 12. The van der Waals surface area contributed by atoms with Crippen LogP contribution < -0.4 is 15.4 Å². The number of nitrogens with one attached hydrogen (secondary N) is 3. The number of halogens is 2. The maximum Gasteiger partial charge on any atom is 0.287 e. The maximum absolute atomic E-state index is 13.2. The van der Waals surface area contributed by atoms with Gasteiger partial charge in [-0.05, 0) is 55.5 Å². The third kappa shape index (κ3) is 7.52. The summed E-state index contributed by atoms with van der Waals surface area (Å²) < 4.78 is 45.8. The number of para-hydroxylation sites is 1. The smallest absolute Gasteiger partial charge is 0.287 e. The molecular formula is C25H29ClFN3O5S. The van der Waals surface area contributed by atoms with Gasteiger partial charge in [-0.3, -0.25) is 9.59 Å². The number of sulfonamides is 1. The van der Waals surface area contributed by atoms with Gasteiger partial charge >= 0.3 is 0 Å². The Kier molecular flexibility index (Phi) is 9.47. The molecule has 0 aliphatic rings. The second kappa shape index (κ2) is 12.3. The summed E-state index contributed by atoms with van der Waals surface area (Å²) in [5.74, 6) is -1.14. The molecule has 3 aromatic rings. The van der Waals surface area contributed by atoms with Gasteiger partial charge in [0.2, 0.25) is 15.9 Å². The summed E-state index contributed by atoms with van der Waals surface area (Å²) in [4.78, 5) is 25.2. The van der Waals surface area contributed by atoms with Crippen LogP contribution in [0.25, 0.3) is 11.0 Å². The molecule has 8 nitrogen and oxygen atoms in total. The molecule has 194 valence electrons. The predicted molar refractivity (Wildman–Crippen MR) is 136 cm³/mol. The fraction of sp³-hybridized carbons (Fsp3) is 0.360. The molecule has 3 N–H and O–H groups in total. The van der Waals surface area contributed by atoms with Crippen LogP contribution in [0, 0.1) is 11.7 Å². The first kappa shape index (κ1) is 27.6. The molecule has 0 aliphatic carbocycles. The molecule has 0 bridgehead atoms. The van der Waals surface area contributed by atoms with E-state index in [0.717, 1.165) is 23.6 Å². The van der Waals surface area contributed by atoms with Gasteiger partial charge in [0.15, 0.2) is 5.76 Å². The number of carbonyl (C=O) groups is 2. The highest BCUT2D eigenvalue weighted by Crippen LogP contribution is 2.22. The van der Waals surface area contributed by atoms with Gasteiger partial charge in [-0.2, -0.15) is 0 Å². The Morgan fingerprint density at radius 2 is 1.78 bits per heavy atom. The van der Waals surface area contributed by atoms with Crippen LogP contribution in [0.3, 0.4) is 0 Å². The zero-order chi connectivity index (χ0) is 26.3. The molecule has 0 aliphatic heterocycles. The number of furan rings is 1. The van der Waals surface area contributed by atoms with Crippen LogP contribution in [0.4, 0.5) is 4.39 Å². The lowest BCUT2D eigenvalue weighted by molar-refractivity contribution is -0.123. The van der Waals surface area contributed by atoms with Gasteiger partial charge in [0.25, 0.3) is 5.91 Å². The van der Waals surface area contributed by atoms with Gasteiger partial charge in [-0.25, -0.2) is 17.5 Å². The van der Waals surface area contributed by atoms with Crippen molar-refractivity contribution in [2.45, 2.75) is 44.0 Å². The van der Waals surface area contributed by atoms with E-state index in [2.05, 4.69) is 15.4 Å². The minimum Gasteiger partial charge on any atom is -0.451 e. The second-order valence-corrected chi connectivity index (χ2v) is 10.9. The summed E-state index contributed by atoms with van der Waals surface area (Å²) in [6, 6.07) is 11.2. The normalized spacial score (nSPS) is 12.6. The molecule has 3 rings (SSSR count). The molecule has 36 heavy (non-hydrogen) atoms. The molecule has 2 aromatic carbocycles. The highest BCUT2D eigenvalue weighted by molar-refractivity contribution is 7.89. The van der Waals surface area contributed by atoms with Crippen molar-refractivity contribution in [3.8, 4) is 0 Å². The SMILES string of the molecule is CC(C)C[C@H](NC(=O)c1cc2ccccc2o1)C(=O)NCCCCNS(=O)(=O)c1ccc(F)cc1Cl. The molecule has 0 saturated heterocycles. The lowest BCUT2D eigenvalue weighted by Crippen LogP contribution is -2.47. The Morgan fingerprint density at radius 3 is 2.47 bits per heavy atom. The lowest BCUT2D eigenvalue weighted by atomic mass is 10.0. The van der Waals surface area contributed by atoms with Crippen molar-refractivity contribution < 1.29 is 26.8 Å². The highest BCUT2D eigenvalue weighted by atomic mass is 35.5. The minimum atomic E-state index is -3.88. The Morgan fingerprint density at radius 1 is 1.06 bits per heavy atom. The summed E-state index contributed by atoms with van der Waals surface area (Å²) in [7, 11) is -3.88. The molecule has 0 saturated carbocycles. The molecular weight excluding hydrogens is 509 g/mol. The minimum absolute atomic E-state index is 0.115. The number of benzene rings is 2. The molecule has 0 unspecified atom stereocenters. The first-order valence-electron chi connectivity index (χ1n) is 11.6. The topological polar surface area (TPSA) is 118 Å². The van der Waals surface area contributed by atoms with Crippen molar-refractivity contribution in [3.05, 3.63) is 65.1 Å². The van der Waals surface area contributed by atoms with Crippen molar-refractivity contribution in [3.63, 3.8) is 0 Å². The van der Waals surface area contributed by atoms with E-state index in [1.54, 1.807) is 12.1 Å². The van der Waals surface area contributed by atoms with Crippen LogP contribution in [-0.2, 0) is 14.8 Å². The Hall–Kier alpha value is -2.95. The van der Waals surface area contributed by atoms with Gasteiger partial charge in [0, 0.05) is 18.5 Å². The van der Waals surface area contributed by atoms with Crippen molar-refractivity contribution in [1.82, 2.24) is 15.4 Å². The zero-order valence-electron chi connectivity index (χ0n) is 20.0. The number of hydrogen-bond donors (Lipinski definition) is 3. The van der Waals surface area contributed by atoms with Crippen LogP contribution in [0.15, 0.2) is 57.8 Å². The predicted octanol–water partition coefficient (Wildman–Crippen LogP) is 4.24. The molecule has 1 heterocycles. The average Bonchev–Trinajstić information content (AvgIpc) is 3.24. The second-order valence-electron chi connectivity index (χ2n) is 8.77. The van der Waals surface area contributed by atoms with Gasteiger partial charge in [-0.15, -0.1) is 0 Å². The Labute approximate surface area is 214 Å². The van der Waals surface area contributed by atoms with E-state index in [0.29, 0.717) is 31.4 Å². The van der Waals surface area contributed by atoms with Gasteiger partial charge in [-0.1, -0.05) is 43.6 Å². The van der Waals surface area contributed by atoms with E-state index in [4.69, 9.17) is 16.0 Å². The van der Waals surface area contributed by atoms with E-state index >= 15 is 0 Å². The van der Waals surface area contributed by atoms with Crippen LogP contribution in [-0.4, -0.2) is 39.4 Å². The van der Waals surface area contributed by atoms with Crippen molar-refractivity contribution in [2.75, 3.05) is 13.1 Å². The highest BCUT2D eigenvalue weighted by Gasteiger charge is 2.24. The first-order chi connectivity index (χ1) is 17.1. The van der Waals surface area contributed by atoms with Crippen molar-refractivity contribution >= 4 is 44.4 Å². The molecule has 1 atom stereocenters. The number of carbonyl (C=O) groups excluding carboxylic acids is 2. The van der Waals surface area contributed by atoms with E-state index in [-0.39, 0.29) is 34.0 Å². The fourth-order valence-corrected chi connectivity index (χ4v) is 5.19. The third-order valence-corrected chi connectivity index (χ3v) is 7.30. The largest absolute Gasteiger partial charge is 0.451 e. The maximum atomic E-state index is 13.2. The van der Waals surface area contributed by atoms with Crippen LogP contribution in [0.5, 0.6) is 0 Å². The number of amides is 2. The molecule has 1 aromatic heterocycles. The van der Waals surface area contributed by atoms with Gasteiger partial charge in [0.05, 0.1) is 5.02 Å². The fourth-order valence-electron chi connectivity index (χ4n) is 3.59. The van der Waals surface area contributed by atoms with Gasteiger partial charge < -0.3 is 15.1 Å². The van der Waals surface area contributed by atoms with E-state index < -0.39 is 27.8 Å². The number of unbranched alkanes of at least 4 members (excludes halogenated alkanes) is 1. The van der Waals surface area contributed by atoms with Crippen molar-refractivity contribution in [2.24, 2.45) is 5.92 Å². The molecule has 0 radical (unpaired) electrons. The molecule has 11 heteroatoms. The monoisotopic (exact) mass is 537 g/mol. The Bertz CT molecular complexity index is 1290. The molecule has 2 amide bonds. The van der Waals surface area contributed by atoms with Crippen LogP contribution >= 0.6 is 11.6 Å². The third-order valence-electron chi connectivity index (χ3n) is 5.36. The van der Waals surface area contributed by atoms with Gasteiger partial charge in [0.1, 0.15) is 22.3 Å². The summed E-state index contributed by atoms with van der Waals surface area (Å²) in [6.07, 6.45) is 1.38. The van der Waals surface area contributed by atoms with E-state index in [1.807, 2.05) is 32.0 Å². The molecule has 0 spiro atoms. The number of fused-ring (bicyclic) bond motifs is 1. The van der Waals surface area contributed by atoms with Crippen LogP contribution in [0.1, 0.15) is 43.7 Å². The zero-order valence-corrected chi connectivity index (χ0v) is 21.6.